The van der Waals surface area contributed by atoms with Crippen LogP contribution in [-0.2, 0) is 13.0 Å². The Balaban J connectivity index is 2.08. The summed E-state index contributed by atoms with van der Waals surface area (Å²) in [5.74, 6) is 0. The Morgan fingerprint density at radius 3 is 2.76 bits per heavy atom. The van der Waals surface area contributed by atoms with Crippen molar-refractivity contribution in [3.05, 3.63) is 44.3 Å². The van der Waals surface area contributed by atoms with Gasteiger partial charge in [0.2, 0.25) is 0 Å². The second-order valence-electron chi connectivity index (χ2n) is 5.36. The number of rotatable bonds is 6. The van der Waals surface area contributed by atoms with Crippen LogP contribution >= 0.6 is 27.3 Å². The van der Waals surface area contributed by atoms with Gasteiger partial charge in [-0.05, 0) is 37.5 Å². The monoisotopic (exact) mass is 367 g/mol. The molecule has 2 aromatic rings. The Morgan fingerprint density at radius 1 is 1.43 bits per heavy atom. The smallest absolute Gasteiger partial charge is 0.0898 e. The minimum Gasteiger partial charge on any atom is -0.369 e. The number of benzene rings is 1. The normalized spacial score (nSPS) is 12.4. The van der Waals surface area contributed by atoms with Crippen LogP contribution in [0.3, 0.4) is 0 Å². The van der Waals surface area contributed by atoms with Crippen molar-refractivity contribution >= 4 is 33.0 Å². The van der Waals surface area contributed by atoms with Crippen molar-refractivity contribution in [1.29, 1.82) is 0 Å². The van der Waals surface area contributed by atoms with E-state index in [9.17, 15) is 0 Å². The molecule has 1 atom stereocenters. The van der Waals surface area contributed by atoms with Crippen LogP contribution < -0.4 is 10.6 Å². The van der Waals surface area contributed by atoms with E-state index in [1.807, 2.05) is 6.92 Å². The van der Waals surface area contributed by atoms with Crippen molar-refractivity contribution in [2.75, 3.05) is 11.9 Å². The number of aromatic nitrogens is 1. The SMILES string of the molecule is CCC(N)Cc1ccc(N(C)Cc2csc(C)n2)cc1Br. The molecule has 0 saturated heterocycles. The second kappa shape index (κ2) is 7.38. The van der Waals surface area contributed by atoms with Gasteiger partial charge in [0, 0.05) is 28.6 Å². The molecule has 0 amide bonds. The molecule has 1 aromatic carbocycles. The highest BCUT2D eigenvalue weighted by Crippen LogP contribution is 2.26. The van der Waals surface area contributed by atoms with E-state index in [1.165, 1.54) is 11.3 Å². The molecule has 5 heteroatoms. The van der Waals surface area contributed by atoms with Crippen LogP contribution in [0.2, 0.25) is 0 Å². The van der Waals surface area contributed by atoms with Crippen LogP contribution in [-0.4, -0.2) is 18.1 Å². The van der Waals surface area contributed by atoms with E-state index in [4.69, 9.17) is 5.73 Å². The summed E-state index contributed by atoms with van der Waals surface area (Å²) >= 11 is 5.36. The van der Waals surface area contributed by atoms with Gasteiger partial charge in [0.15, 0.2) is 0 Å². The quantitative estimate of drug-likeness (QED) is 0.834. The van der Waals surface area contributed by atoms with Crippen molar-refractivity contribution < 1.29 is 0 Å². The predicted molar refractivity (Wildman–Crippen MR) is 95.1 cm³/mol. The zero-order chi connectivity index (χ0) is 15.4. The Kier molecular flexibility index (Phi) is 5.79. The predicted octanol–water partition coefficient (Wildman–Crippen LogP) is 4.13. The lowest BCUT2D eigenvalue weighted by Gasteiger charge is -2.20. The van der Waals surface area contributed by atoms with Gasteiger partial charge in [-0.15, -0.1) is 11.3 Å². The molecular formula is C16H22BrN3S. The van der Waals surface area contributed by atoms with Crippen LogP contribution in [0.1, 0.15) is 29.6 Å². The number of nitrogens with two attached hydrogens (primary N) is 1. The number of hydrogen-bond acceptors (Lipinski definition) is 4. The fourth-order valence-corrected chi connectivity index (χ4v) is 3.31. The van der Waals surface area contributed by atoms with Gasteiger partial charge in [-0.1, -0.05) is 28.9 Å². The molecule has 3 nitrogen and oxygen atoms in total. The molecule has 2 rings (SSSR count). The first-order valence-electron chi connectivity index (χ1n) is 7.15. The third-order valence-corrected chi connectivity index (χ3v) is 5.11. The van der Waals surface area contributed by atoms with Gasteiger partial charge >= 0.3 is 0 Å². The van der Waals surface area contributed by atoms with E-state index < -0.39 is 0 Å². The summed E-state index contributed by atoms with van der Waals surface area (Å²) in [6, 6.07) is 6.71. The van der Waals surface area contributed by atoms with Crippen LogP contribution in [0.15, 0.2) is 28.1 Å². The van der Waals surface area contributed by atoms with Gasteiger partial charge in [0.25, 0.3) is 0 Å². The number of hydrogen-bond donors (Lipinski definition) is 1. The van der Waals surface area contributed by atoms with Crippen molar-refractivity contribution in [2.24, 2.45) is 5.73 Å². The molecule has 0 saturated carbocycles. The van der Waals surface area contributed by atoms with Gasteiger partial charge in [-0.25, -0.2) is 4.98 Å². The molecule has 0 aliphatic carbocycles. The van der Waals surface area contributed by atoms with Crippen molar-refractivity contribution in [1.82, 2.24) is 4.98 Å². The summed E-state index contributed by atoms with van der Waals surface area (Å²) in [5.41, 5.74) is 9.61. The summed E-state index contributed by atoms with van der Waals surface area (Å²) in [6.45, 7) is 4.98. The van der Waals surface area contributed by atoms with Crippen molar-refractivity contribution in [3.63, 3.8) is 0 Å². The van der Waals surface area contributed by atoms with Gasteiger partial charge in [-0.3, -0.25) is 0 Å². The lowest BCUT2D eigenvalue weighted by molar-refractivity contribution is 0.645. The van der Waals surface area contributed by atoms with Gasteiger partial charge in [0.1, 0.15) is 0 Å². The Labute approximate surface area is 139 Å². The Morgan fingerprint density at radius 2 is 2.19 bits per heavy atom. The first-order valence-corrected chi connectivity index (χ1v) is 8.83. The molecular weight excluding hydrogens is 346 g/mol. The molecule has 0 aliphatic rings. The maximum absolute atomic E-state index is 6.04. The average Bonchev–Trinajstić information content (AvgIpc) is 2.86. The van der Waals surface area contributed by atoms with E-state index in [2.05, 4.69) is 63.4 Å². The molecule has 0 spiro atoms. The molecule has 0 radical (unpaired) electrons. The molecule has 0 bridgehead atoms. The highest BCUT2D eigenvalue weighted by molar-refractivity contribution is 9.10. The fourth-order valence-electron chi connectivity index (χ4n) is 2.18. The molecule has 0 aliphatic heterocycles. The maximum atomic E-state index is 6.04. The number of nitrogens with zero attached hydrogens (tertiary/aromatic N) is 2. The third-order valence-electron chi connectivity index (χ3n) is 3.55. The second-order valence-corrected chi connectivity index (χ2v) is 7.28. The number of aryl methyl sites for hydroxylation is 1. The van der Waals surface area contributed by atoms with Crippen LogP contribution in [0.4, 0.5) is 5.69 Å². The van der Waals surface area contributed by atoms with Gasteiger partial charge in [-0.2, -0.15) is 0 Å². The van der Waals surface area contributed by atoms with Crippen LogP contribution in [0, 0.1) is 6.92 Å². The first kappa shape index (κ1) is 16.5. The molecule has 21 heavy (non-hydrogen) atoms. The minimum atomic E-state index is 0.225. The topological polar surface area (TPSA) is 42.1 Å². The fraction of sp³-hybridized carbons (Fsp3) is 0.438. The summed E-state index contributed by atoms with van der Waals surface area (Å²) in [4.78, 5) is 6.73. The summed E-state index contributed by atoms with van der Waals surface area (Å²) in [6.07, 6.45) is 1.91. The zero-order valence-corrected chi connectivity index (χ0v) is 15.2. The zero-order valence-electron chi connectivity index (χ0n) is 12.8. The first-order chi connectivity index (χ1) is 9.99. The van der Waals surface area contributed by atoms with E-state index in [0.717, 1.165) is 34.6 Å². The molecule has 1 aromatic heterocycles. The molecule has 114 valence electrons. The van der Waals surface area contributed by atoms with Crippen LogP contribution in [0.25, 0.3) is 0 Å². The molecule has 0 fully saturated rings. The maximum Gasteiger partial charge on any atom is 0.0898 e. The third kappa shape index (κ3) is 4.53. The van der Waals surface area contributed by atoms with E-state index in [1.54, 1.807) is 11.3 Å². The standard InChI is InChI=1S/C16H22BrN3S/c1-4-13(18)7-12-5-6-15(8-16(12)17)20(3)9-14-10-21-11(2)19-14/h5-6,8,10,13H,4,7,9,18H2,1-3H3. The van der Waals surface area contributed by atoms with Crippen molar-refractivity contribution in [2.45, 2.75) is 39.3 Å². The summed E-state index contributed by atoms with van der Waals surface area (Å²) in [5, 5.41) is 3.23. The molecule has 2 N–H and O–H groups in total. The highest BCUT2D eigenvalue weighted by Gasteiger charge is 2.09. The van der Waals surface area contributed by atoms with E-state index in [-0.39, 0.29) is 6.04 Å². The van der Waals surface area contributed by atoms with E-state index >= 15 is 0 Å². The van der Waals surface area contributed by atoms with Crippen LogP contribution in [0.5, 0.6) is 0 Å². The Hall–Kier alpha value is -0.910. The van der Waals surface area contributed by atoms with E-state index in [0.29, 0.717) is 0 Å². The molecule has 1 heterocycles. The highest BCUT2D eigenvalue weighted by atomic mass is 79.9. The number of anilines is 1. The largest absolute Gasteiger partial charge is 0.369 e. The average molecular weight is 368 g/mol. The molecule has 1 unspecified atom stereocenters. The number of halogens is 1. The lowest BCUT2D eigenvalue weighted by Crippen LogP contribution is -2.22. The minimum absolute atomic E-state index is 0.225. The summed E-state index contributed by atoms with van der Waals surface area (Å²) < 4.78 is 1.13. The lowest BCUT2D eigenvalue weighted by atomic mass is 10.0. The number of thiazole rings is 1. The van der Waals surface area contributed by atoms with Crippen molar-refractivity contribution in [3.8, 4) is 0 Å². The van der Waals surface area contributed by atoms with Gasteiger partial charge < -0.3 is 10.6 Å². The Bertz CT molecular complexity index is 597. The van der Waals surface area contributed by atoms with Gasteiger partial charge in [0.05, 0.1) is 17.2 Å². The summed E-state index contributed by atoms with van der Waals surface area (Å²) in [7, 11) is 2.09.